The van der Waals surface area contributed by atoms with Crippen LogP contribution in [0.2, 0.25) is 0 Å². The van der Waals surface area contributed by atoms with E-state index in [1.54, 1.807) is 6.20 Å². The van der Waals surface area contributed by atoms with E-state index in [1.165, 1.54) is 11.0 Å². The number of nitrogens with zero attached hydrogens (tertiary/aromatic N) is 2. The van der Waals surface area contributed by atoms with Gasteiger partial charge in [-0.15, -0.1) is 6.58 Å². The van der Waals surface area contributed by atoms with E-state index < -0.39 is 62.6 Å². The second-order valence-electron chi connectivity index (χ2n) is 15.3. The molecule has 8 rings (SSSR count). The number of cyclic esters (lactones) is 1. The molecule has 0 radical (unpaired) electrons. The topological polar surface area (TPSA) is 161 Å². The number of hydrogen-bond acceptors (Lipinski definition) is 9. The Bertz CT molecular complexity index is 2140. The molecule has 3 amide bonds. The maximum Gasteiger partial charge on any atom is 0.306 e. The van der Waals surface area contributed by atoms with E-state index in [2.05, 4.69) is 21.6 Å². The van der Waals surface area contributed by atoms with Crippen molar-refractivity contribution in [3.05, 3.63) is 90.1 Å². The standard InChI is InChI=1S/C41H44N4O8S/c1-2-30-23-41(30,40(49)44-54(50,51)32-13-14-32)43-37(47)35-21-31-24-45(35)39(48)34(29-19-27-9-5-6-10-28(27)20-29)22-36(46)52-17-7-3-4-8-25-11-12-26-15-16-42-38(53-31)33(26)18-25/h2,4-6,8-12,15-16,18,29-32,34-35H,1,3,7,13-14,17,19-24H2,(H,43,47)(H,44,49)/b8-4+/t30-,31-,34-,35+,41-/m1/s1. The third-order valence-corrected chi connectivity index (χ3v) is 13.4. The van der Waals surface area contributed by atoms with Crippen LogP contribution in [-0.2, 0) is 46.8 Å². The monoisotopic (exact) mass is 752 g/mol. The normalized spacial score (nSPS) is 28.0. The Hall–Kier alpha value is -5.04. The van der Waals surface area contributed by atoms with Gasteiger partial charge in [0.25, 0.3) is 5.91 Å². The van der Waals surface area contributed by atoms with Crippen molar-refractivity contribution < 1.29 is 37.1 Å². The third kappa shape index (κ3) is 7.13. The maximum absolute atomic E-state index is 14.9. The van der Waals surface area contributed by atoms with E-state index in [0.29, 0.717) is 44.4 Å². The molecule has 3 heterocycles. The van der Waals surface area contributed by atoms with Crippen LogP contribution in [0.3, 0.4) is 0 Å². The zero-order valence-corrected chi connectivity index (χ0v) is 30.8. The zero-order chi connectivity index (χ0) is 37.6. The van der Waals surface area contributed by atoms with Crippen LogP contribution in [0.4, 0.5) is 0 Å². The van der Waals surface area contributed by atoms with Crippen molar-refractivity contribution in [2.75, 3.05) is 13.2 Å². The quantitative estimate of drug-likeness (QED) is 0.268. The molecule has 2 N–H and O–H groups in total. The second-order valence-corrected chi connectivity index (χ2v) is 17.2. The second kappa shape index (κ2) is 14.3. The lowest BCUT2D eigenvalue weighted by molar-refractivity contribution is -0.152. The van der Waals surface area contributed by atoms with E-state index in [0.717, 1.165) is 27.5 Å². The highest BCUT2D eigenvalue weighted by molar-refractivity contribution is 7.91. The Balaban J connectivity index is 1.13. The molecule has 3 fully saturated rings. The molecular formula is C41H44N4O8S. The van der Waals surface area contributed by atoms with Crippen LogP contribution < -0.4 is 14.8 Å². The van der Waals surface area contributed by atoms with E-state index in [4.69, 9.17) is 9.47 Å². The van der Waals surface area contributed by atoms with Gasteiger partial charge in [0.2, 0.25) is 27.7 Å². The first-order valence-corrected chi connectivity index (χ1v) is 20.3. The molecule has 3 aliphatic carbocycles. The molecule has 3 aromatic rings. The minimum atomic E-state index is -3.89. The summed E-state index contributed by atoms with van der Waals surface area (Å²) in [7, 11) is -3.89. The molecule has 0 spiro atoms. The number of benzene rings is 2. The van der Waals surface area contributed by atoms with E-state index in [1.807, 2.05) is 60.7 Å². The maximum atomic E-state index is 14.9. The number of fused-ring (bicyclic) bond motifs is 4. The number of ether oxygens (including phenoxy) is 2. The van der Waals surface area contributed by atoms with Gasteiger partial charge >= 0.3 is 5.97 Å². The van der Waals surface area contributed by atoms with Gasteiger partial charge in [0.05, 0.1) is 30.7 Å². The number of nitrogens with one attached hydrogen (secondary N) is 2. The van der Waals surface area contributed by atoms with Crippen LogP contribution in [0.5, 0.6) is 5.88 Å². The molecule has 13 heteroatoms. The van der Waals surface area contributed by atoms with Gasteiger partial charge in [-0.05, 0) is 85.1 Å². The van der Waals surface area contributed by atoms with Gasteiger partial charge in [-0.25, -0.2) is 13.4 Å². The Morgan fingerprint density at radius 3 is 2.54 bits per heavy atom. The molecule has 0 unspecified atom stereocenters. The average Bonchev–Trinajstić information content (AvgIpc) is 4.05. The summed E-state index contributed by atoms with van der Waals surface area (Å²) < 4.78 is 39.9. The Morgan fingerprint density at radius 1 is 1.04 bits per heavy atom. The van der Waals surface area contributed by atoms with Crippen molar-refractivity contribution in [2.45, 2.75) is 80.7 Å². The number of amides is 3. The largest absolute Gasteiger partial charge is 0.472 e. The smallest absolute Gasteiger partial charge is 0.306 e. The molecule has 1 saturated heterocycles. The van der Waals surface area contributed by atoms with Gasteiger partial charge in [-0.2, -0.15) is 0 Å². The first-order valence-electron chi connectivity index (χ1n) is 18.8. The summed E-state index contributed by atoms with van der Waals surface area (Å²) in [5, 5.41) is 3.92. The lowest BCUT2D eigenvalue weighted by Gasteiger charge is -2.31. The predicted octanol–water partition coefficient (Wildman–Crippen LogP) is 4.02. The van der Waals surface area contributed by atoms with E-state index in [-0.39, 0.29) is 44.2 Å². The fourth-order valence-corrected chi connectivity index (χ4v) is 9.66. The highest BCUT2D eigenvalue weighted by atomic mass is 32.2. The van der Waals surface area contributed by atoms with Gasteiger partial charge in [0.15, 0.2) is 0 Å². The Morgan fingerprint density at radius 2 is 1.81 bits per heavy atom. The number of carbonyl (C=O) groups is 4. The predicted molar refractivity (Wildman–Crippen MR) is 200 cm³/mol. The van der Waals surface area contributed by atoms with Crippen LogP contribution in [0.1, 0.15) is 61.6 Å². The van der Waals surface area contributed by atoms with Crippen molar-refractivity contribution in [1.29, 1.82) is 0 Å². The SMILES string of the molecule is C=C[C@@H]1C[C@]1(NC(=O)[C@@H]1C[C@@H]2CN1C(=O)[C@@H](C1Cc3ccccc3C1)CC(=O)OCCC/C=C/c1ccc3ccnc(c3c1)O2)C(=O)NS(=O)(=O)C1CC1. The molecule has 2 aromatic carbocycles. The van der Waals surface area contributed by atoms with Crippen LogP contribution in [0, 0.1) is 17.8 Å². The van der Waals surface area contributed by atoms with Crippen molar-refractivity contribution in [3.8, 4) is 5.88 Å². The molecule has 4 bridgehead atoms. The lowest BCUT2D eigenvalue weighted by atomic mass is 9.85. The number of sulfonamides is 1. The molecule has 5 atom stereocenters. The van der Waals surface area contributed by atoms with Gasteiger partial charge in [-0.1, -0.05) is 54.6 Å². The first-order chi connectivity index (χ1) is 26.0. The van der Waals surface area contributed by atoms with Gasteiger partial charge in [0.1, 0.15) is 17.7 Å². The summed E-state index contributed by atoms with van der Waals surface area (Å²) in [6.07, 6.45) is 10.1. The van der Waals surface area contributed by atoms with Crippen molar-refractivity contribution >= 4 is 50.6 Å². The summed E-state index contributed by atoms with van der Waals surface area (Å²) in [5.41, 5.74) is 1.64. The van der Waals surface area contributed by atoms with E-state index >= 15 is 0 Å². The highest BCUT2D eigenvalue weighted by Crippen LogP contribution is 2.46. The Kier molecular flexibility index (Phi) is 9.53. The van der Waals surface area contributed by atoms with Gasteiger partial charge in [0, 0.05) is 23.9 Å². The number of aromatic nitrogens is 1. The van der Waals surface area contributed by atoms with Gasteiger partial charge in [-0.3, -0.25) is 23.9 Å². The summed E-state index contributed by atoms with van der Waals surface area (Å²) in [5.74, 6) is -3.43. The summed E-state index contributed by atoms with van der Waals surface area (Å²) in [4.78, 5) is 62.3. The number of esters is 1. The fraction of sp³-hybridized carbons (Fsp3) is 0.439. The van der Waals surface area contributed by atoms with Crippen LogP contribution in [0.15, 0.2) is 73.5 Å². The van der Waals surface area contributed by atoms with Crippen LogP contribution >= 0.6 is 0 Å². The highest BCUT2D eigenvalue weighted by Gasteiger charge is 2.62. The minimum absolute atomic E-state index is 0.0277. The number of hydrogen-bond donors (Lipinski definition) is 2. The first kappa shape index (κ1) is 36.0. The average molecular weight is 753 g/mol. The summed E-state index contributed by atoms with van der Waals surface area (Å²) in [6.45, 7) is 4.04. The fourth-order valence-electron chi connectivity index (χ4n) is 8.30. The molecule has 1 aromatic heterocycles. The summed E-state index contributed by atoms with van der Waals surface area (Å²) >= 11 is 0. The number of pyridine rings is 1. The van der Waals surface area contributed by atoms with E-state index in [9.17, 15) is 27.6 Å². The molecular weight excluding hydrogens is 709 g/mol. The van der Waals surface area contributed by atoms with Crippen molar-refractivity contribution in [1.82, 2.24) is 19.9 Å². The molecule has 12 nitrogen and oxygen atoms in total. The van der Waals surface area contributed by atoms with Gasteiger partial charge < -0.3 is 19.7 Å². The molecule has 54 heavy (non-hydrogen) atoms. The van der Waals surface area contributed by atoms with Crippen molar-refractivity contribution in [2.24, 2.45) is 17.8 Å². The number of allylic oxidation sites excluding steroid dienone is 1. The molecule has 5 aliphatic rings. The number of carbonyl (C=O) groups excluding carboxylic acids is 4. The third-order valence-electron chi connectivity index (χ3n) is 11.6. The van der Waals surface area contributed by atoms with Crippen molar-refractivity contribution in [3.63, 3.8) is 0 Å². The molecule has 2 aliphatic heterocycles. The van der Waals surface area contributed by atoms with Crippen LogP contribution in [0.25, 0.3) is 16.8 Å². The molecule has 2 saturated carbocycles. The Labute approximate surface area is 314 Å². The lowest BCUT2D eigenvalue weighted by Crippen LogP contribution is -2.57. The molecule has 282 valence electrons. The summed E-state index contributed by atoms with van der Waals surface area (Å²) in [6, 6.07) is 14.7. The van der Waals surface area contributed by atoms with Crippen LogP contribution in [-0.4, -0.2) is 78.1 Å². The minimum Gasteiger partial charge on any atom is -0.472 e. The number of rotatable bonds is 7. The zero-order valence-electron chi connectivity index (χ0n) is 29.9.